The molecular weight excluding hydrogens is 341 g/mol. The van der Waals surface area contributed by atoms with Crippen molar-refractivity contribution >= 4 is 11.9 Å². The van der Waals surface area contributed by atoms with Gasteiger partial charge in [0.25, 0.3) is 11.8 Å². The molecule has 1 saturated heterocycles. The zero-order valence-corrected chi connectivity index (χ0v) is 14.8. The van der Waals surface area contributed by atoms with E-state index in [1.54, 1.807) is 24.3 Å². The summed E-state index contributed by atoms with van der Waals surface area (Å²) in [4.78, 5) is 29.5. The molecule has 2 aromatic rings. The van der Waals surface area contributed by atoms with Crippen LogP contribution in [-0.4, -0.2) is 50.8 Å². The number of carbonyl (C=O) groups excluding carboxylic acids is 1. The number of amides is 1. The molecule has 138 valence electrons. The zero-order chi connectivity index (χ0) is 19.1. The van der Waals surface area contributed by atoms with Gasteiger partial charge in [-0.05, 0) is 12.1 Å². The van der Waals surface area contributed by atoms with Crippen LogP contribution in [0.15, 0.2) is 28.8 Å². The van der Waals surface area contributed by atoms with Gasteiger partial charge in [0.05, 0.1) is 17.7 Å². The van der Waals surface area contributed by atoms with Crippen LogP contribution in [0.5, 0.6) is 0 Å². The van der Waals surface area contributed by atoms with Crippen LogP contribution in [0.2, 0.25) is 0 Å². The third-order valence-corrected chi connectivity index (χ3v) is 4.37. The van der Waals surface area contributed by atoms with E-state index in [1.165, 1.54) is 4.90 Å². The molecule has 0 aliphatic carbocycles. The Balaban J connectivity index is 1.92. The number of carboxylic acid groups (broad SMARTS) is 1. The lowest BCUT2D eigenvalue weighted by Gasteiger charge is -2.18. The second kappa shape index (κ2) is 6.19. The van der Waals surface area contributed by atoms with Crippen molar-refractivity contribution < 1.29 is 23.6 Å². The van der Waals surface area contributed by atoms with E-state index in [0.29, 0.717) is 11.4 Å². The molecule has 1 aliphatic heterocycles. The van der Waals surface area contributed by atoms with Crippen LogP contribution in [0.1, 0.15) is 43.4 Å². The summed E-state index contributed by atoms with van der Waals surface area (Å²) in [5, 5.41) is 13.0. The number of carboxylic acids is 1. The highest BCUT2D eigenvalue weighted by atomic mass is 19.1. The maximum atomic E-state index is 14.3. The van der Waals surface area contributed by atoms with Crippen LogP contribution in [-0.2, 0) is 10.2 Å². The van der Waals surface area contributed by atoms with Crippen LogP contribution in [0.25, 0.3) is 11.5 Å². The van der Waals surface area contributed by atoms with Crippen LogP contribution >= 0.6 is 0 Å². The van der Waals surface area contributed by atoms with Crippen molar-refractivity contribution in [3.05, 3.63) is 35.7 Å². The van der Waals surface area contributed by atoms with Gasteiger partial charge >= 0.3 is 5.97 Å². The molecule has 8 heteroatoms. The topological polar surface area (TPSA) is 96.5 Å². The second-order valence-electron chi connectivity index (χ2n) is 7.47. The van der Waals surface area contributed by atoms with E-state index in [4.69, 9.17) is 9.63 Å². The van der Waals surface area contributed by atoms with Crippen LogP contribution in [0.4, 0.5) is 4.39 Å². The first-order valence-electron chi connectivity index (χ1n) is 8.27. The van der Waals surface area contributed by atoms with Gasteiger partial charge in [0.15, 0.2) is 5.82 Å². The normalized spacial score (nSPS) is 20.4. The minimum atomic E-state index is -2.41. The second-order valence-corrected chi connectivity index (χ2v) is 7.47. The molecule has 1 unspecified atom stereocenters. The number of likely N-dealkylation sites (tertiary alicyclic amines) is 1. The molecule has 1 fully saturated rings. The lowest BCUT2D eigenvalue weighted by molar-refractivity contribution is -0.149. The summed E-state index contributed by atoms with van der Waals surface area (Å²) in [7, 11) is 0. The minimum absolute atomic E-state index is 0.0348. The summed E-state index contributed by atoms with van der Waals surface area (Å²) in [6.45, 7) is 5.38. The number of hydrogen-bond donors (Lipinski definition) is 1. The van der Waals surface area contributed by atoms with Crippen molar-refractivity contribution in [1.29, 1.82) is 0 Å². The Labute approximate surface area is 149 Å². The summed E-state index contributed by atoms with van der Waals surface area (Å²) in [6, 6.07) is 6.66. The Morgan fingerprint density at radius 1 is 1.31 bits per heavy atom. The predicted octanol–water partition coefficient (Wildman–Crippen LogP) is 2.67. The Bertz CT molecular complexity index is 858. The van der Waals surface area contributed by atoms with Gasteiger partial charge < -0.3 is 14.5 Å². The van der Waals surface area contributed by atoms with E-state index in [1.807, 2.05) is 20.8 Å². The smallest absolute Gasteiger partial charge is 0.343 e. The Morgan fingerprint density at radius 2 is 2.00 bits per heavy atom. The molecule has 0 bridgehead atoms. The molecular formula is C18H20FN3O4. The summed E-state index contributed by atoms with van der Waals surface area (Å²) in [6.07, 6.45) is -0.231. The fourth-order valence-electron chi connectivity index (χ4n) is 2.78. The van der Waals surface area contributed by atoms with Crippen LogP contribution < -0.4 is 0 Å². The van der Waals surface area contributed by atoms with Crippen molar-refractivity contribution in [2.45, 2.75) is 38.3 Å². The van der Waals surface area contributed by atoms with Gasteiger partial charge in [0.2, 0.25) is 5.67 Å². The van der Waals surface area contributed by atoms with Gasteiger partial charge in [-0.1, -0.05) is 38.1 Å². The fraction of sp³-hybridized carbons (Fsp3) is 0.444. The van der Waals surface area contributed by atoms with Gasteiger partial charge in [-0.15, -0.1) is 0 Å². The number of rotatable bonds is 3. The highest BCUT2D eigenvalue weighted by Gasteiger charge is 2.47. The molecule has 0 spiro atoms. The third kappa shape index (κ3) is 3.18. The molecule has 1 atom stereocenters. The predicted molar refractivity (Wildman–Crippen MR) is 90.4 cm³/mol. The van der Waals surface area contributed by atoms with Crippen LogP contribution in [0.3, 0.4) is 0 Å². The van der Waals surface area contributed by atoms with E-state index >= 15 is 0 Å². The van der Waals surface area contributed by atoms with Gasteiger partial charge in [0.1, 0.15) is 0 Å². The Morgan fingerprint density at radius 3 is 2.58 bits per heavy atom. The molecule has 3 rings (SSSR count). The fourth-order valence-corrected chi connectivity index (χ4v) is 2.78. The number of benzene rings is 1. The molecule has 0 radical (unpaired) electrons. The van der Waals surface area contributed by atoms with E-state index in [2.05, 4.69) is 10.1 Å². The summed E-state index contributed by atoms with van der Waals surface area (Å²) in [5.74, 6) is -1.31. The molecule has 1 N–H and O–H groups in total. The third-order valence-electron chi connectivity index (χ3n) is 4.37. The number of nitrogens with zero attached hydrogens (tertiary/aromatic N) is 3. The van der Waals surface area contributed by atoms with Gasteiger partial charge in [-0.25, -0.2) is 9.18 Å². The molecule has 26 heavy (non-hydrogen) atoms. The summed E-state index contributed by atoms with van der Waals surface area (Å²) in [5.41, 5.74) is -2.02. The van der Waals surface area contributed by atoms with E-state index in [9.17, 15) is 14.0 Å². The average Bonchev–Trinajstić information content (AvgIpc) is 3.22. The lowest BCUT2D eigenvalue weighted by atomic mass is 9.96. The van der Waals surface area contributed by atoms with Crippen molar-refractivity contribution in [3.8, 4) is 11.5 Å². The Hall–Kier alpha value is -2.77. The number of halogens is 1. The van der Waals surface area contributed by atoms with Crippen molar-refractivity contribution in [2.75, 3.05) is 13.1 Å². The molecule has 1 aliphatic rings. The monoisotopic (exact) mass is 361 g/mol. The maximum Gasteiger partial charge on any atom is 0.343 e. The van der Waals surface area contributed by atoms with Gasteiger partial charge in [0, 0.05) is 18.4 Å². The van der Waals surface area contributed by atoms with Crippen molar-refractivity contribution in [1.82, 2.24) is 15.0 Å². The standard InChI is InChI=1S/C18H20FN3O4/c1-17(2,3)15-20-13(26-21-15)11-6-4-5-7-12(11)14(23)22-9-8-18(19,10-22)16(24)25/h4-7H,8-10H2,1-3H3,(H,24,25). The first kappa shape index (κ1) is 18.0. The lowest BCUT2D eigenvalue weighted by Crippen LogP contribution is -2.39. The molecule has 1 aromatic carbocycles. The number of carbonyl (C=O) groups is 2. The number of hydrogen-bond acceptors (Lipinski definition) is 5. The molecule has 1 amide bonds. The number of alkyl halides is 1. The quantitative estimate of drug-likeness (QED) is 0.903. The SMILES string of the molecule is CC(C)(C)c1noc(-c2ccccc2C(=O)N2CCC(F)(C(=O)O)C2)n1. The maximum absolute atomic E-state index is 14.3. The largest absolute Gasteiger partial charge is 0.479 e. The number of aliphatic carboxylic acids is 1. The summed E-state index contributed by atoms with van der Waals surface area (Å²) < 4.78 is 19.6. The highest BCUT2D eigenvalue weighted by Crippen LogP contribution is 2.30. The van der Waals surface area contributed by atoms with E-state index < -0.39 is 24.1 Å². The van der Waals surface area contributed by atoms with Crippen LogP contribution in [0, 0.1) is 0 Å². The molecule has 0 saturated carbocycles. The van der Waals surface area contributed by atoms with E-state index in [-0.39, 0.29) is 29.8 Å². The number of aromatic nitrogens is 2. The minimum Gasteiger partial charge on any atom is -0.479 e. The average molecular weight is 361 g/mol. The zero-order valence-electron chi connectivity index (χ0n) is 14.8. The van der Waals surface area contributed by atoms with Crippen molar-refractivity contribution in [2.24, 2.45) is 0 Å². The molecule has 1 aromatic heterocycles. The first-order valence-corrected chi connectivity index (χ1v) is 8.27. The van der Waals surface area contributed by atoms with Crippen molar-refractivity contribution in [3.63, 3.8) is 0 Å². The highest BCUT2D eigenvalue weighted by molar-refractivity contribution is 6.00. The molecule has 7 nitrogen and oxygen atoms in total. The summed E-state index contributed by atoms with van der Waals surface area (Å²) >= 11 is 0. The Kier molecular flexibility index (Phi) is 4.29. The first-order chi connectivity index (χ1) is 12.1. The van der Waals surface area contributed by atoms with E-state index in [0.717, 1.165) is 0 Å². The van der Waals surface area contributed by atoms with Gasteiger partial charge in [-0.2, -0.15) is 4.98 Å². The molecule has 2 heterocycles. The van der Waals surface area contributed by atoms with Gasteiger partial charge in [-0.3, -0.25) is 4.79 Å².